The van der Waals surface area contributed by atoms with Crippen molar-refractivity contribution in [3.8, 4) is 40.6 Å². The highest BCUT2D eigenvalue weighted by Crippen LogP contribution is 2.43. The third kappa shape index (κ3) is 6.05. The molecule has 0 amide bonds. The van der Waals surface area contributed by atoms with E-state index in [4.69, 9.17) is 19.9 Å². The predicted molar refractivity (Wildman–Crippen MR) is 314 cm³/mol. The molecule has 17 rings (SSSR count). The number of fused-ring (bicyclic) bond motifs is 16. The second-order valence-corrected chi connectivity index (χ2v) is 20.4. The van der Waals surface area contributed by atoms with Crippen LogP contribution in [-0.4, -0.2) is 42.8 Å². The van der Waals surface area contributed by atoms with Crippen molar-refractivity contribution in [3.05, 3.63) is 235 Å². The van der Waals surface area contributed by atoms with Gasteiger partial charge in [-0.25, -0.2) is 4.98 Å². The Morgan fingerprint density at radius 2 is 0.727 bits per heavy atom. The minimum atomic E-state index is 0.587. The minimum absolute atomic E-state index is 0.587. The van der Waals surface area contributed by atoms with E-state index in [0.717, 1.165) is 126 Å². The van der Waals surface area contributed by atoms with E-state index >= 15 is 0 Å². The molecule has 0 N–H and O–H groups in total. The summed E-state index contributed by atoms with van der Waals surface area (Å²) in [7, 11) is 0. The maximum Gasteiger partial charge on any atom is 0.240 e. The highest BCUT2D eigenvalue weighted by molar-refractivity contribution is 6.24. The van der Waals surface area contributed by atoms with E-state index in [1.165, 1.54) is 32.7 Å². The summed E-state index contributed by atoms with van der Waals surface area (Å²) in [6, 6.07) is 71.9. The highest BCUT2D eigenvalue weighted by Gasteiger charge is 2.27. The number of hydrogen-bond acceptors (Lipinski definition) is 4. The number of aromatic nitrogens is 9. The van der Waals surface area contributed by atoms with Gasteiger partial charge in [-0.2, -0.15) is 15.0 Å². The van der Waals surface area contributed by atoms with Gasteiger partial charge in [-0.3, -0.25) is 18.3 Å². The number of para-hydroxylation sites is 6. The first kappa shape index (κ1) is 42.3. The number of aryl methyl sites for hydroxylation is 2. The standard InChI is InChI=1S/C68H45N9/c1-10-30-55-44(21-1)45-22-2-11-31-56(45)74(55)62-37-18-38-63(69-62)77-61-36-16-8-28-51(61)53-40-39-52-50-27-7-9-29-54(50)73(64(52)65(53)77)43-20-17-19-42(41-43)66-70-67(75-57-32-12-3-23-46(57)47-24-4-13-33-58(47)75)72-68(71-66)76-59-34-14-5-25-48(59)49-26-6-15-35-60(49)76/h1-3,5,7-23,25,27-41H,4,6,24,26H2. The van der Waals surface area contributed by atoms with Crippen LogP contribution in [0.5, 0.6) is 0 Å². The summed E-state index contributed by atoms with van der Waals surface area (Å²) in [5.74, 6) is 3.46. The maximum atomic E-state index is 5.61. The Balaban J connectivity index is 0.921. The van der Waals surface area contributed by atoms with Crippen molar-refractivity contribution in [2.45, 2.75) is 25.7 Å². The Kier molecular flexibility index (Phi) is 8.88. The van der Waals surface area contributed by atoms with E-state index in [1.807, 2.05) is 0 Å². The van der Waals surface area contributed by atoms with Gasteiger partial charge in [0.25, 0.3) is 0 Å². The smallest absolute Gasteiger partial charge is 0.240 e. The van der Waals surface area contributed by atoms with E-state index in [1.54, 1.807) is 0 Å². The van der Waals surface area contributed by atoms with Crippen LogP contribution in [0.3, 0.4) is 0 Å². The number of benzene rings is 8. The van der Waals surface area contributed by atoms with Gasteiger partial charge in [0.1, 0.15) is 11.6 Å². The molecule has 7 aromatic heterocycles. The fourth-order valence-electron chi connectivity index (χ4n) is 13.1. The largest absolute Gasteiger partial charge is 0.307 e. The number of pyridine rings is 1. The lowest BCUT2D eigenvalue weighted by Gasteiger charge is -2.16. The summed E-state index contributed by atoms with van der Waals surface area (Å²) in [5, 5.41) is 9.49. The molecular formula is C68H45N9. The molecule has 7 heterocycles. The molecule has 0 aliphatic heterocycles. The van der Waals surface area contributed by atoms with Crippen molar-refractivity contribution in [1.29, 1.82) is 0 Å². The Morgan fingerprint density at radius 1 is 0.312 bits per heavy atom. The lowest BCUT2D eigenvalue weighted by Crippen LogP contribution is -2.13. The molecule has 9 heteroatoms. The molecule has 0 atom stereocenters. The third-order valence-electron chi connectivity index (χ3n) is 16.3. The van der Waals surface area contributed by atoms with Crippen LogP contribution in [0.1, 0.15) is 35.4 Å². The van der Waals surface area contributed by atoms with Gasteiger partial charge in [-0.05, 0) is 110 Å². The summed E-state index contributed by atoms with van der Waals surface area (Å²) < 4.78 is 11.6. The molecule has 2 aliphatic rings. The quantitative estimate of drug-likeness (QED) is 0.166. The molecule has 9 nitrogen and oxygen atoms in total. The average Bonchev–Trinajstić information content (AvgIpc) is 4.30. The lowest BCUT2D eigenvalue weighted by atomic mass is 10.0. The van der Waals surface area contributed by atoms with Gasteiger partial charge in [-0.1, -0.05) is 152 Å². The van der Waals surface area contributed by atoms with Gasteiger partial charge >= 0.3 is 0 Å². The lowest BCUT2D eigenvalue weighted by molar-refractivity contribution is 0.849. The van der Waals surface area contributed by atoms with Crippen molar-refractivity contribution in [3.63, 3.8) is 0 Å². The summed E-state index contributed by atoms with van der Waals surface area (Å²) in [6.45, 7) is 0. The molecule has 0 spiro atoms. The first-order chi connectivity index (χ1) is 38.2. The fraction of sp³-hybridized carbons (Fsp3) is 0.0588. The van der Waals surface area contributed by atoms with Gasteiger partial charge < -0.3 is 4.57 Å². The van der Waals surface area contributed by atoms with E-state index in [0.29, 0.717) is 17.7 Å². The van der Waals surface area contributed by atoms with Crippen LogP contribution in [0.25, 0.3) is 140 Å². The number of rotatable bonds is 6. The van der Waals surface area contributed by atoms with Crippen molar-refractivity contribution >= 4 is 99.4 Å². The molecule has 0 saturated carbocycles. The molecule has 0 saturated heterocycles. The van der Waals surface area contributed by atoms with E-state index in [9.17, 15) is 0 Å². The molecule has 8 aromatic carbocycles. The normalized spacial score (nSPS) is 13.4. The number of nitrogens with zero attached hydrogens (tertiary/aromatic N) is 9. The van der Waals surface area contributed by atoms with Crippen LogP contribution in [0, 0.1) is 0 Å². The molecule has 0 radical (unpaired) electrons. The van der Waals surface area contributed by atoms with Gasteiger partial charge in [0.05, 0.1) is 55.5 Å². The SMILES string of the molecule is C1=Cc2c(c3ccccc3n2-c2nc(-c3cccc(-n4c5ccccc5c5ccc6c7ccccc7n(-c7cccc(-n8c9ccccc9c9ccccc98)n7)c6c54)c3)nc(-n3c4c(c5ccccc53)CCC=C4)n2)CC1. The summed E-state index contributed by atoms with van der Waals surface area (Å²) >= 11 is 0. The van der Waals surface area contributed by atoms with Crippen LogP contribution < -0.4 is 0 Å². The fourth-order valence-corrected chi connectivity index (χ4v) is 13.1. The minimum Gasteiger partial charge on any atom is -0.307 e. The van der Waals surface area contributed by atoms with Crippen LogP contribution in [0.2, 0.25) is 0 Å². The zero-order chi connectivity index (χ0) is 50.3. The molecule has 2 aliphatic carbocycles. The van der Waals surface area contributed by atoms with Crippen LogP contribution in [-0.2, 0) is 12.8 Å². The molecule has 15 aromatic rings. The average molecular weight is 988 g/mol. The second-order valence-electron chi connectivity index (χ2n) is 20.4. The predicted octanol–water partition coefficient (Wildman–Crippen LogP) is 16.0. The van der Waals surface area contributed by atoms with Crippen LogP contribution in [0.4, 0.5) is 0 Å². The van der Waals surface area contributed by atoms with Crippen LogP contribution >= 0.6 is 0 Å². The second kappa shape index (κ2) is 16.2. The van der Waals surface area contributed by atoms with Gasteiger partial charge in [0, 0.05) is 54.3 Å². The maximum absolute atomic E-state index is 5.61. The Labute approximate surface area is 441 Å². The molecule has 0 unspecified atom stereocenters. The Hall–Kier alpha value is -10.1. The monoisotopic (exact) mass is 987 g/mol. The van der Waals surface area contributed by atoms with Gasteiger partial charge in [0.15, 0.2) is 5.82 Å². The topological polar surface area (TPSA) is 76.2 Å². The number of hydrogen-bond donors (Lipinski definition) is 0. The Bertz CT molecular complexity index is 4900. The third-order valence-corrected chi connectivity index (χ3v) is 16.3. The molecule has 0 fully saturated rings. The molecule has 77 heavy (non-hydrogen) atoms. The number of allylic oxidation sites excluding steroid dienone is 2. The Morgan fingerprint density at radius 3 is 1.26 bits per heavy atom. The molecule has 0 bridgehead atoms. The van der Waals surface area contributed by atoms with Crippen molar-refractivity contribution in [2.75, 3.05) is 0 Å². The zero-order valence-electron chi connectivity index (χ0n) is 41.7. The van der Waals surface area contributed by atoms with Gasteiger partial charge in [0.2, 0.25) is 11.9 Å². The van der Waals surface area contributed by atoms with Crippen molar-refractivity contribution in [1.82, 2.24) is 42.8 Å². The first-order valence-corrected chi connectivity index (χ1v) is 26.6. The molecular weight excluding hydrogens is 943 g/mol. The van der Waals surface area contributed by atoms with E-state index in [-0.39, 0.29) is 0 Å². The first-order valence-electron chi connectivity index (χ1n) is 26.6. The zero-order valence-corrected chi connectivity index (χ0v) is 41.7. The van der Waals surface area contributed by atoms with Crippen molar-refractivity contribution < 1.29 is 0 Å². The van der Waals surface area contributed by atoms with Crippen LogP contribution in [0.15, 0.2) is 212 Å². The van der Waals surface area contributed by atoms with E-state index < -0.39 is 0 Å². The summed E-state index contributed by atoms with van der Waals surface area (Å²) in [5.41, 5.74) is 15.5. The summed E-state index contributed by atoms with van der Waals surface area (Å²) in [4.78, 5) is 22.1. The summed E-state index contributed by atoms with van der Waals surface area (Å²) in [6.07, 6.45) is 12.9. The van der Waals surface area contributed by atoms with Crippen molar-refractivity contribution in [2.24, 2.45) is 0 Å². The van der Waals surface area contributed by atoms with E-state index in [2.05, 4.69) is 247 Å². The van der Waals surface area contributed by atoms with Gasteiger partial charge in [-0.15, -0.1) is 0 Å². The highest BCUT2D eigenvalue weighted by atomic mass is 15.3. The molecule has 362 valence electrons.